The maximum atomic E-state index is 12.3. The average Bonchev–Trinajstić information content (AvgIpc) is 3.09. The molecule has 0 spiro atoms. The molecule has 3 rings (SSSR count). The van der Waals surface area contributed by atoms with E-state index in [4.69, 9.17) is 9.47 Å². The Morgan fingerprint density at radius 1 is 1.09 bits per heavy atom. The fraction of sp³-hybridized carbons (Fsp3) is 0.625. The minimum Gasteiger partial charge on any atom is -0.375 e. The van der Waals surface area contributed by atoms with Gasteiger partial charge in [0.05, 0.1) is 29.5 Å². The summed E-state index contributed by atoms with van der Waals surface area (Å²) in [6.45, 7) is 3.55. The molecule has 2 saturated heterocycles. The van der Waals surface area contributed by atoms with Crippen molar-refractivity contribution in [3.63, 3.8) is 0 Å². The van der Waals surface area contributed by atoms with E-state index in [1.165, 1.54) is 0 Å². The van der Waals surface area contributed by atoms with E-state index in [0.717, 1.165) is 32.5 Å². The number of hydrogen-bond acceptors (Lipinski definition) is 5. The van der Waals surface area contributed by atoms with Gasteiger partial charge in [-0.25, -0.2) is 8.42 Å². The average molecular weight is 325 g/mol. The molecule has 0 bridgehead atoms. The minimum absolute atomic E-state index is 0.0793. The fourth-order valence-corrected chi connectivity index (χ4v) is 4.36. The van der Waals surface area contributed by atoms with Crippen molar-refractivity contribution in [2.24, 2.45) is 0 Å². The van der Waals surface area contributed by atoms with E-state index in [2.05, 4.69) is 4.90 Å². The van der Waals surface area contributed by atoms with Crippen molar-refractivity contribution in [1.82, 2.24) is 4.90 Å². The maximum Gasteiger partial charge on any atom is 0.179 e. The van der Waals surface area contributed by atoms with Gasteiger partial charge < -0.3 is 9.47 Å². The van der Waals surface area contributed by atoms with Crippen LogP contribution >= 0.6 is 0 Å². The molecule has 0 amide bonds. The smallest absolute Gasteiger partial charge is 0.179 e. The van der Waals surface area contributed by atoms with Crippen LogP contribution in [0.15, 0.2) is 35.2 Å². The lowest BCUT2D eigenvalue weighted by atomic mass is 10.1. The van der Waals surface area contributed by atoms with Crippen LogP contribution in [0.1, 0.15) is 12.8 Å². The summed E-state index contributed by atoms with van der Waals surface area (Å²) >= 11 is 0. The normalized spacial score (nSPS) is 27.1. The third-order valence-corrected chi connectivity index (χ3v) is 6.05. The second kappa shape index (κ2) is 7.08. The summed E-state index contributed by atoms with van der Waals surface area (Å²) in [5.41, 5.74) is 0. The van der Waals surface area contributed by atoms with Gasteiger partial charge in [0.1, 0.15) is 0 Å². The van der Waals surface area contributed by atoms with Crippen LogP contribution < -0.4 is 0 Å². The Morgan fingerprint density at radius 3 is 2.59 bits per heavy atom. The topological polar surface area (TPSA) is 55.8 Å². The van der Waals surface area contributed by atoms with Crippen LogP contribution in [0, 0.1) is 0 Å². The van der Waals surface area contributed by atoms with Gasteiger partial charge in [-0.05, 0) is 25.0 Å². The van der Waals surface area contributed by atoms with Gasteiger partial charge in [0.25, 0.3) is 0 Å². The van der Waals surface area contributed by atoms with Crippen LogP contribution in [-0.4, -0.2) is 64.1 Å². The molecule has 2 heterocycles. The SMILES string of the molecule is O=S(=O)(CCN1CCO[C@@H]([C@@H]2CCCO2)C1)c1ccccc1. The quantitative estimate of drug-likeness (QED) is 0.818. The number of nitrogens with zero attached hydrogens (tertiary/aromatic N) is 1. The molecule has 0 aromatic heterocycles. The van der Waals surface area contributed by atoms with E-state index in [0.29, 0.717) is 18.0 Å². The van der Waals surface area contributed by atoms with Crippen LogP contribution in [-0.2, 0) is 19.3 Å². The Balaban J connectivity index is 1.54. The summed E-state index contributed by atoms with van der Waals surface area (Å²) in [5.74, 6) is 0.148. The lowest BCUT2D eigenvalue weighted by Gasteiger charge is -2.35. The van der Waals surface area contributed by atoms with Gasteiger partial charge >= 0.3 is 0 Å². The summed E-state index contributed by atoms with van der Waals surface area (Å²) in [7, 11) is -3.21. The summed E-state index contributed by atoms with van der Waals surface area (Å²) in [6, 6.07) is 8.66. The highest BCUT2D eigenvalue weighted by atomic mass is 32.2. The molecule has 0 aliphatic carbocycles. The Labute approximate surface area is 132 Å². The van der Waals surface area contributed by atoms with Crippen LogP contribution in [0.4, 0.5) is 0 Å². The molecule has 0 N–H and O–H groups in total. The van der Waals surface area contributed by atoms with E-state index in [-0.39, 0.29) is 18.0 Å². The molecule has 2 atom stereocenters. The highest BCUT2D eigenvalue weighted by molar-refractivity contribution is 7.91. The lowest BCUT2D eigenvalue weighted by molar-refractivity contribution is -0.0930. The second-order valence-corrected chi connectivity index (χ2v) is 8.00. The maximum absolute atomic E-state index is 12.3. The van der Waals surface area contributed by atoms with Gasteiger partial charge in [-0.15, -0.1) is 0 Å². The van der Waals surface area contributed by atoms with Crippen LogP contribution in [0.3, 0.4) is 0 Å². The summed E-state index contributed by atoms with van der Waals surface area (Å²) in [4.78, 5) is 2.58. The van der Waals surface area contributed by atoms with Crippen molar-refractivity contribution in [3.05, 3.63) is 30.3 Å². The summed E-state index contributed by atoms with van der Waals surface area (Å²) in [6.07, 6.45) is 2.39. The Hall–Kier alpha value is -0.950. The van der Waals surface area contributed by atoms with Gasteiger partial charge in [-0.3, -0.25) is 4.90 Å². The highest BCUT2D eigenvalue weighted by Gasteiger charge is 2.31. The van der Waals surface area contributed by atoms with Crippen LogP contribution in [0.5, 0.6) is 0 Å². The van der Waals surface area contributed by atoms with E-state index in [9.17, 15) is 8.42 Å². The fourth-order valence-electron chi connectivity index (χ4n) is 3.05. The first kappa shape index (κ1) is 15.9. The summed E-state index contributed by atoms with van der Waals surface area (Å²) < 4.78 is 36.1. The van der Waals surface area contributed by atoms with Crippen molar-refractivity contribution >= 4 is 9.84 Å². The molecule has 5 nitrogen and oxygen atoms in total. The zero-order valence-electron chi connectivity index (χ0n) is 12.7. The highest BCUT2D eigenvalue weighted by Crippen LogP contribution is 2.21. The van der Waals surface area contributed by atoms with Gasteiger partial charge in [-0.2, -0.15) is 0 Å². The monoisotopic (exact) mass is 325 g/mol. The number of morpholine rings is 1. The molecule has 2 aliphatic heterocycles. The van der Waals surface area contributed by atoms with E-state index in [1.54, 1.807) is 24.3 Å². The predicted molar refractivity (Wildman–Crippen MR) is 83.6 cm³/mol. The van der Waals surface area contributed by atoms with Gasteiger partial charge in [0.15, 0.2) is 9.84 Å². The van der Waals surface area contributed by atoms with Crippen LogP contribution in [0.25, 0.3) is 0 Å². The standard InChI is InChI=1S/C16H23NO4S/c18-22(19,14-5-2-1-3-6-14)12-9-17-8-11-21-16(13-17)15-7-4-10-20-15/h1-3,5-6,15-16H,4,7-13H2/t15-,16+/m0/s1. The largest absolute Gasteiger partial charge is 0.375 e. The summed E-state index contributed by atoms with van der Waals surface area (Å²) in [5, 5.41) is 0. The molecular formula is C16H23NO4S. The second-order valence-electron chi connectivity index (χ2n) is 5.89. The van der Waals surface area contributed by atoms with Crippen molar-refractivity contribution in [2.75, 3.05) is 38.6 Å². The van der Waals surface area contributed by atoms with Crippen molar-refractivity contribution in [2.45, 2.75) is 29.9 Å². The molecule has 2 fully saturated rings. The molecule has 0 unspecified atom stereocenters. The van der Waals surface area contributed by atoms with Crippen molar-refractivity contribution < 1.29 is 17.9 Å². The molecule has 1 aromatic carbocycles. The molecule has 2 aliphatic rings. The number of sulfone groups is 1. The third kappa shape index (κ3) is 3.87. The molecule has 22 heavy (non-hydrogen) atoms. The van der Waals surface area contributed by atoms with E-state index < -0.39 is 9.84 Å². The molecule has 1 aromatic rings. The third-order valence-electron chi connectivity index (χ3n) is 4.34. The number of benzene rings is 1. The number of hydrogen-bond donors (Lipinski definition) is 0. The Morgan fingerprint density at radius 2 is 1.86 bits per heavy atom. The zero-order chi connectivity index (χ0) is 15.4. The molecular weight excluding hydrogens is 302 g/mol. The number of rotatable bonds is 5. The van der Waals surface area contributed by atoms with Gasteiger partial charge in [-0.1, -0.05) is 18.2 Å². The van der Waals surface area contributed by atoms with E-state index >= 15 is 0 Å². The Bertz CT molecular complexity index is 569. The number of ether oxygens (including phenoxy) is 2. The first-order valence-corrected chi connectivity index (χ1v) is 9.54. The van der Waals surface area contributed by atoms with Crippen LogP contribution in [0.2, 0.25) is 0 Å². The zero-order valence-corrected chi connectivity index (χ0v) is 13.5. The minimum atomic E-state index is -3.21. The lowest BCUT2D eigenvalue weighted by Crippen LogP contribution is -2.48. The van der Waals surface area contributed by atoms with Crippen molar-refractivity contribution in [3.8, 4) is 0 Å². The van der Waals surface area contributed by atoms with E-state index in [1.807, 2.05) is 6.07 Å². The molecule has 122 valence electrons. The van der Waals surface area contributed by atoms with Crippen molar-refractivity contribution in [1.29, 1.82) is 0 Å². The first-order chi connectivity index (χ1) is 10.6. The molecule has 0 radical (unpaired) electrons. The predicted octanol–water partition coefficient (Wildman–Crippen LogP) is 1.34. The van der Waals surface area contributed by atoms with Gasteiger partial charge in [0.2, 0.25) is 0 Å². The van der Waals surface area contributed by atoms with Gasteiger partial charge in [0, 0.05) is 26.2 Å². The first-order valence-electron chi connectivity index (χ1n) is 7.88. The Kier molecular flexibility index (Phi) is 5.13. The molecule has 0 saturated carbocycles. The molecule has 6 heteroatoms.